The molecular formula is C36H57ClNO7P. The highest BCUT2D eigenvalue weighted by molar-refractivity contribution is 7.66. The van der Waals surface area contributed by atoms with Crippen LogP contribution in [0.2, 0.25) is 0 Å². The molecule has 2 spiro atoms. The van der Waals surface area contributed by atoms with Crippen molar-refractivity contribution in [1.82, 2.24) is 4.67 Å². The minimum atomic E-state index is -1.28. The van der Waals surface area contributed by atoms with Gasteiger partial charge in [-0.2, -0.15) is 0 Å². The lowest BCUT2D eigenvalue weighted by molar-refractivity contribution is -0.241. The van der Waals surface area contributed by atoms with Crippen molar-refractivity contribution in [3.8, 4) is 0 Å². The molecule has 2 saturated heterocycles. The molecule has 7 fully saturated rings. The Balaban J connectivity index is 1.14. The zero-order valence-electron chi connectivity index (χ0n) is 29.2. The number of esters is 1. The minimum Gasteiger partial charge on any atom is -0.457 e. The Morgan fingerprint density at radius 1 is 1.11 bits per heavy atom. The summed E-state index contributed by atoms with van der Waals surface area (Å²) in [5.41, 5.74) is -1.42. The standard InChI is InChI=1S/C36H57ClNO7P/c1-20-17-22(30(32(5,6)41)43-21(2)39)44-28-27(20)33(7)13-14-36-19-35(36)12-11-25(45-26-18-38(46-37)15-16-42-26)31(3,4)23(35)9-10-24(36)34(33,8)29(28)40/h20,22-28,30,41,46H,9-19H2,1-8H3/t20-,22?,23+,24?,25+,26?,27+,28?,30+,33-,34-,35-,36?/m1/s1. The number of carbonyl (C=O) groups is 2. The summed E-state index contributed by atoms with van der Waals surface area (Å²) in [6.45, 7) is 18.8. The van der Waals surface area contributed by atoms with E-state index in [4.69, 9.17) is 30.2 Å². The predicted octanol–water partition coefficient (Wildman–Crippen LogP) is 6.50. The fourth-order valence-electron chi connectivity index (χ4n) is 13.3. The lowest BCUT2D eigenvalue weighted by Gasteiger charge is -2.62. The Morgan fingerprint density at radius 3 is 2.48 bits per heavy atom. The Hall–Kier alpha value is -0.340. The molecule has 0 aromatic carbocycles. The van der Waals surface area contributed by atoms with Crippen LogP contribution in [0.15, 0.2) is 0 Å². The predicted molar refractivity (Wildman–Crippen MR) is 177 cm³/mol. The highest BCUT2D eigenvalue weighted by atomic mass is 35.7. The average molecular weight is 682 g/mol. The minimum absolute atomic E-state index is 0.0185. The van der Waals surface area contributed by atoms with Crippen LogP contribution >= 0.6 is 19.3 Å². The number of rotatable bonds is 6. The molecule has 260 valence electrons. The molecule has 7 rings (SSSR count). The van der Waals surface area contributed by atoms with Gasteiger partial charge in [-0.25, -0.2) is 0 Å². The summed E-state index contributed by atoms with van der Waals surface area (Å²) in [4.78, 5) is 27.0. The number of nitrogens with zero attached hydrogens (tertiary/aromatic N) is 1. The normalized spacial score (nSPS) is 50.6. The van der Waals surface area contributed by atoms with Crippen LogP contribution in [-0.4, -0.2) is 77.5 Å². The van der Waals surface area contributed by atoms with Crippen LogP contribution in [0.5, 0.6) is 0 Å². The number of hydrogen-bond acceptors (Lipinski definition) is 8. The maximum atomic E-state index is 15.0. The first-order chi connectivity index (χ1) is 21.5. The second-order valence-electron chi connectivity index (χ2n) is 18.0. The van der Waals surface area contributed by atoms with Crippen LogP contribution in [0.4, 0.5) is 0 Å². The number of ketones is 1. The molecule has 0 amide bonds. The van der Waals surface area contributed by atoms with Gasteiger partial charge in [0.15, 0.2) is 18.2 Å². The van der Waals surface area contributed by atoms with Gasteiger partial charge < -0.3 is 24.1 Å². The molecule has 0 radical (unpaired) electrons. The summed E-state index contributed by atoms with van der Waals surface area (Å²) in [6.07, 6.45) is 6.56. The monoisotopic (exact) mass is 681 g/mol. The smallest absolute Gasteiger partial charge is 0.303 e. The molecule has 0 bridgehead atoms. The quantitative estimate of drug-likeness (QED) is 0.251. The van der Waals surface area contributed by atoms with Gasteiger partial charge in [0.05, 0.1) is 31.0 Å². The second-order valence-corrected chi connectivity index (χ2v) is 19.3. The molecule has 46 heavy (non-hydrogen) atoms. The van der Waals surface area contributed by atoms with Gasteiger partial charge in [0, 0.05) is 32.9 Å². The largest absolute Gasteiger partial charge is 0.457 e. The van der Waals surface area contributed by atoms with Gasteiger partial charge in [-0.05, 0) is 105 Å². The molecular weight excluding hydrogens is 625 g/mol. The maximum Gasteiger partial charge on any atom is 0.303 e. The van der Waals surface area contributed by atoms with E-state index in [2.05, 4.69) is 39.3 Å². The Kier molecular flexibility index (Phi) is 8.22. The Labute approximate surface area is 282 Å². The summed E-state index contributed by atoms with van der Waals surface area (Å²) < 4.78 is 27.4. The molecule has 7 aliphatic rings. The zero-order valence-corrected chi connectivity index (χ0v) is 31.0. The van der Waals surface area contributed by atoms with Gasteiger partial charge in [0.2, 0.25) is 0 Å². The first kappa shape index (κ1) is 34.1. The zero-order chi connectivity index (χ0) is 33.2. The van der Waals surface area contributed by atoms with Crippen molar-refractivity contribution in [3.63, 3.8) is 0 Å². The molecule has 5 aliphatic carbocycles. The van der Waals surface area contributed by atoms with E-state index in [9.17, 15) is 14.7 Å². The fourth-order valence-corrected chi connectivity index (χ4v) is 14.1. The van der Waals surface area contributed by atoms with E-state index >= 15 is 0 Å². The topological polar surface area (TPSA) is 94.5 Å². The van der Waals surface area contributed by atoms with E-state index in [-0.39, 0.29) is 59.8 Å². The van der Waals surface area contributed by atoms with Gasteiger partial charge in [-0.15, -0.1) is 0 Å². The third-order valence-electron chi connectivity index (χ3n) is 15.3. The molecule has 0 aromatic heterocycles. The van der Waals surface area contributed by atoms with Crippen molar-refractivity contribution >= 4 is 31.1 Å². The number of halogens is 1. The third kappa shape index (κ3) is 4.58. The summed E-state index contributed by atoms with van der Waals surface area (Å²) in [7, 11) is 0.254. The SMILES string of the molecule is CC(=O)O[C@@H](C1C[C@@H](C)[C@H]2C(O1)C(=O)[C@@]1(C)C3CC[C@H]4C(C)(C)[C@@H](OC5CN(PCl)CCO5)CC[C@@]45CC35CC[C@]21C)C(C)(C)O. The highest BCUT2D eigenvalue weighted by Gasteiger charge is 2.85. The molecule has 10 heteroatoms. The summed E-state index contributed by atoms with van der Waals surface area (Å²) in [5, 5.41) is 11.0. The van der Waals surface area contributed by atoms with Gasteiger partial charge in [-0.3, -0.25) is 14.3 Å². The number of morpholine rings is 1. The Bertz CT molecular complexity index is 1260. The summed E-state index contributed by atoms with van der Waals surface area (Å²) in [6, 6.07) is 0. The molecule has 8 nitrogen and oxygen atoms in total. The van der Waals surface area contributed by atoms with Crippen LogP contribution in [0.1, 0.15) is 107 Å². The first-order valence-electron chi connectivity index (χ1n) is 17.9. The highest BCUT2D eigenvalue weighted by Crippen LogP contribution is 2.89. The molecule has 0 aromatic rings. The average Bonchev–Trinajstić information content (AvgIpc) is 3.61. The van der Waals surface area contributed by atoms with Crippen molar-refractivity contribution in [3.05, 3.63) is 0 Å². The lowest BCUT2D eigenvalue weighted by Crippen LogP contribution is -2.59. The lowest BCUT2D eigenvalue weighted by atomic mass is 9.41. The second kappa shape index (κ2) is 11.1. The number of fused-ring (bicyclic) bond motifs is 4. The molecule has 5 saturated carbocycles. The summed E-state index contributed by atoms with van der Waals surface area (Å²) in [5.74, 6) is 1.05. The van der Waals surface area contributed by atoms with Gasteiger partial charge in [-0.1, -0.05) is 45.9 Å². The molecule has 1 N–H and O–H groups in total. The number of hydrogen-bond donors (Lipinski definition) is 1. The van der Waals surface area contributed by atoms with Crippen LogP contribution in [0.3, 0.4) is 0 Å². The molecule has 2 heterocycles. The molecule has 2 aliphatic heterocycles. The van der Waals surface area contributed by atoms with Crippen molar-refractivity contribution in [2.75, 3.05) is 19.7 Å². The van der Waals surface area contributed by atoms with Crippen LogP contribution in [0, 0.1) is 50.7 Å². The van der Waals surface area contributed by atoms with E-state index < -0.39 is 35.3 Å². The van der Waals surface area contributed by atoms with Crippen molar-refractivity contribution < 1.29 is 33.6 Å². The van der Waals surface area contributed by atoms with E-state index in [0.717, 1.165) is 45.2 Å². The van der Waals surface area contributed by atoms with Crippen LogP contribution < -0.4 is 0 Å². The maximum absolute atomic E-state index is 15.0. The van der Waals surface area contributed by atoms with Gasteiger partial charge in [0.1, 0.15) is 6.10 Å². The van der Waals surface area contributed by atoms with Crippen molar-refractivity contribution in [2.24, 2.45) is 50.7 Å². The Morgan fingerprint density at radius 2 is 1.80 bits per heavy atom. The van der Waals surface area contributed by atoms with Crippen LogP contribution in [0.25, 0.3) is 0 Å². The van der Waals surface area contributed by atoms with Gasteiger partial charge >= 0.3 is 5.97 Å². The van der Waals surface area contributed by atoms with Crippen LogP contribution in [-0.2, 0) is 28.5 Å². The summed E-state index contributed by atoms with van der Waals surface area (Å²) >= 11 is 6.18. The molecule has 14 atom stereocenters. The van der Waals surface area contributed by atoms with E-state index in [1.54, 1.807) is 13.8 Å². The first-order valence-corrected chi connectivity index (χ1v) is 19.9. The number of Topliss-reactive ketones (excluding diaryl/α,β-unsaturated/α-hetero) is 1. The van der Waals surface area contributed by atoms with E-state index in [1.807, 2.05) is 0 Å². The molecule has 6 unspecified atom stereocenters. The number of carbonyl (C=O) groups excluding carboxylic acids is 2. The number of aliphatic hydroxyl groups is 1. The fraction of sp³-hybridized carbons (Fsp3) is 0.944. The van der Waals surface area contributed by atoms with Crippen molar-refractivity contribution in [2.45, 2.75) is 143 Å². The third-order valence-corrected chi connectivity index (χ3v) is 16.7. The van der Waals surface area contributed by atoms with E-state index in [1.165, 1.54) is 19.8 Å². The van der Waals surface area contributed by atoms with Gasteiger partial charge in [0.25, 0.3) is 0 Å². The van der Waals surface area contributed by atoms with Crippen molar-refractivity contribution in [1.29, 1.82) is 0 Å². The number of ether oxygens (including phenoxy) is 4. The van der Waals surface area contributed by atoms with E-state index in [0.29, 0.717) is 24.9 Å².